The van der Waals surface area contributed by atoms with Crippen LogP contribution in [-0.4, -0.2) is 111 Å². The zero-order valence-electron chi connectivity index (χ0n) is 54.3. The molecule has 0 saturated heterocycles. The summed E-state index contributed by atoms with van der Waals surface area (Å²) in [6, 6.07) is 0. The quantitative estimate of drug-likeness (QED) is 0.0386. The molecule has 0 aliphatic rings. The van der Waals surface area contributed by atoms with Gasteiger partial charge >= 0.3 is 0 Å². The molecule has 472 valence electrons. The van der Waals surface area contributed by atoms with E-state index in [-0.39, 0.29) is 11.8 Å². The molecule has 1 unspecified atom stereocenters. The Bertz CT molecular complexity index is 1180. The maximum absolute atomic E-state index is 12.5. The minimum absolute atomic E-state index is 0.165. The van der Waals surface area contributed by atoms with Crippen molar-refractivity contribution in [2.45, 2.75) is 361 Å². The van der Waals surface area contributed by atoms with E-state index in [9.17, 15) is 14.7 Å². The van der Waals surface area contributed by atoms with Gasteiger partial charge in [0.2, 0.25) is 11.8 Å². The van der Waals surface area contributed by atoms with Gasteiger partial charge in [-0.3, -0.25) is 9.59 Å². The second kappa shape index (κ2) is 67.5. The average molecular weight is 1120 g/mol. The Morgan fingerprint density at radius 2 is 0.544 bits per heavy atom. The lowest BCUT2D eigenvalue weighted by atomic mass is 10.1. The SMILES string of the molecule is CCCCCCCCCCCCCCN(CCCCN(CCCCCCCCCCCCCC)CC(O)CNCCCC(=O)NCCCCCCCCCCCC)CCCNCCCC(=O)NCCCCCCCCCCCC. The molecule has 0 fully saturated rings. The monoisotopic (exact) mass is 1120 g/mol. The number of aliphatic hydroxyl groups excluding tert-OH is 1. The number of carbonyl (C=O) groups excluding carboxylic acids is 2. The minimum atomic E-state index is -0.402. The first-order valence-corrected chi connectivity index (χ1v) is 36.0. The average Bonchev–Trinajstić information content (AvgIpc) is 3.44. The normalized spacial score (nSPS) is 12.1. The van der Waals surface area contributed by atoms with Crippen molar-refractivity contribution in [2.24, 2.45) is 0 Å². The number of hydrogen-bond acceptors (Lipinski definition) is 7. The molecule has 0 heterocycles. The van der Waals surface area contributed by atoms with E-state index in [2.05, 4.69) is 58.8 Å². The van der Waals surface area contributed by atoms with Gasteiger partial charge in [-0.2, -0.15) is 0 Å². The molecule has 1 atom stereocenters. The maximum Gasteiger partial charge on any atom is 0.220 e. The van der Waals surface area contributed by atoms with Gasteiger partial charge in [-0.15, -0.1) is 0 Å². The second-order valence-corrected chi connectivity index (χ2v) is 24.9. The molecule has 0 aliphatic carbocycles. The molecule has 9 heteroatoms. The zero-order chi connectivity index (χ0) is 57.3. The Balaban J connectivity index is 4.87. The minimum Gasteiger partial charge on any atom is -0.390 e. The summed E-state index contributed by atoms with van der Waals surface area (Å²) in [4.78, 5) is 30.3. The largest absolute Gasteiger partial charge is 0.390 e. The van der Waals surface area contributed by atoms with Gasteiger partial charge in [-0.05, 0) is 110 Å². The van der Waals surface area contributed by atoms with Gasteiger partial charge in [0.15, 0.2) is 0 Å². The van der Waals surface area contributed by atoms with Crippen molar-refractivity contribution in [3.05, 3.63) is 0 Å². The fraction of sp³-hybridized carbons (Fsp3) is 0.971. The molecule has 0 spiro atoms. The number of nitrogens with one attached hydrogen (secondary N) is 4. The summed E-state index contributed by atoms with van der Waals surface area (Å²) in [6.07, 6.45) is 65.4. The van der Waals surface area contributed by atoms with Crippen molar-refractivity contribution in [3.63, 3.8) is 0 Å². The van der Waals surface area contributed by atoms with Crippen LogP contribution in [0.3, 0.4) is 0 Å². The highest BCUT2D eigenvalue weighted by molar-refractivity contribution is 5.76. The van der Waals surface area contributed by atoms with E-state index in [0.29, 0.717) is 19.4 Å². The fourth-order valence-corrected chi connectivity index (χ4v) is 11.4. The summed E-state index contributed by atoms with van der Waals surface area (Å²) < 4.78 is 0. The molecule has 9 nitrogen and oxygen atoms in total. The third-order valence-electron chi connectivity index (χ3n) is 16.8. The van der Waals surface area contributed by atoms with E-state index in [1.54, 1.807) is 0 Å². The summed E-state index contributed by atoms with van der Waals surface area (Å²) in [7, 11) is 0. The highest BCUT2D eigenvalue weighted by Gasteiger charge is 2.13. The van der Waals surface area contributed by atoms with E-state index in [1.807, 2.05) is 0 Å². The molecule has 79 heavy (non-hydrogen) atoms. The summed E-state index contributed by atoms with van der Waals surface area (Å²) in [6.45, 7) is 20.4. The van der Waals surface area contributed by atoms with Crippen LogP contribution in [0.25, 0.3) is 0 Å². The summed E-state index contributed by atoms with van der Waals surface area (Å²) in [5, 5.41) is 24.7. The third kappa shape index (κ3) is 64.2. The molecule has 0 radical (unpaired) electrons. The van der Waals surface area contributed by atoms with Crippen molar-refractivity contribution in [3.8, 4) is 0 Å². The number of hydrogen-bond donors (Lipinski definition) is 5. The molecule has 0 saturated carbocycles. The van der Waals surface area contributed by atoms with Crippen molar-refractivity contribution in [1.82, 2.24) is 31.1 Å². The molecule has 0 aromatic rings. The van der Waals surface area contributed by atoms with Gasteiger partial charge in [-0.25, -0.2) is 0 Å². The molecule has 0 aromatic carbocycles. The number of aliphatic hydroxyl groups is 1. The van der Waals surface area contributed by atoms with Crippen LogP contribution in [0.5, 0.6) is 0 Å². The van der Waals surface area contributed by atoms with Gasteiger partial charge < -0.3 is 36.2 Å². The van der Waals surface area contributed by atoms with Crippen molar-refractivity contribution >= 4 is 11.8 Å². The zero-order valence-corrected chi connectivity index (χ0v) is 54.3. The van der Waals surface area contributed by atoms with Crippen LogP contribution in [0.1, 0.15) is 355 Å². The van der Waals surface area contributed by atoms with Gasteiger partial charge in [0.1, 0.15) is 0 Å². The topological polar surface area (TPSA) is 109 Å². The lowest BCUT2D eigenvalue weighted by molar-refractivity contribution is -0.122. The van der Waals surface area contributed by atoms with Crippen LogP contribution in [0, 0.1) is 0 Å². The Labute approximate surface area is 495 Å². The van der Waals surface area contributed by atoms with Crippen molar-refractivity contribution in [2.75, 3.05) is 78.5 Å². The van der Waals surface area contributed by atoms with Gasteiger partial charge in [0, 0.05) is 39.0 Å². The Morgan fingerprint density at radius 1 is 0.291 bits per heavy atom. The van der Waals surface area contributed by atoms with Gasteiger partial charge in [-0.1, -0.05) is 285 Å². The number of rotatable bonds is 69. The van der Waals surface area contributed by atoms with Crippen LogP contribution in [0.15, 0.2) is 0 Å². The Kier molecular flexibility index (Phi) is 66.5. The highest BCUT2D eigenvalue weighted by atomic mass is 16.3. The van der Waals surface area contributed by atoms with Crippen molar-refractivity contribution in [1.29, 1.82) is 0 Å². The first kappa shape index (κ1) is 77.7. The van der Waals surface area contributed by atoms with E-state index in [1.165, 1.54) is 289 Å². The van der Waals surface area contributed by atoms with Gasteiger partial charge in [0.25, 0.3) is 0 Å². The van der Waals surface area contributed by atoms with Crippen LogP contribution < -0.4 is 21.3 Å². The molecule has 2 amide bonds. The number of amides is 2. The number of carbonyl (C=O) groups is 2. The first-order valence-electron chi connectivity index (χ1n) is 36.0. The fourth-order valence-electron chi connectivity index (χ4n) is 11.4. The van der Waals surface area contributed by atoms with E-state index in [0.717, 1.165) is 97.6 Å². The molecule has 5 N–H and O–H groups in total. The summed E-state index contributed by atoms with van der Waals surface area (Å²) in [5.74, 6) is 0.380. The van der Waals surface area contributed by atoms with Crippen molar-refractivity contribution < 1.29 is 14.7 Å². The van der Waals surface area contributed by atoms with Crippen LogP contribution >= 0.6 is 0 Å². The van der Waals surface area contributed by atoms with Crippen LogP contribution in [0.4, 0.5) is 0 Å². The number of nitrogens with zero attached hydrogens (tertiary/aromatic N) is 2. The molecule has 0 aliphatic heterocycles. The van der Waals surface area contributed by atoms with Crippen LogP contribution in [-0.2, 0) is 9.59 Å². The second-order valence-electron chi connectivity index (χ2n) is 24.9. The van der Waals surface area contributed by atoms with Gasteiger partial charge in [0.05, 0.1) is 6.10 Å². The molecule has 0 bridgehead atoms. The van der Waals surface area contributed by atoms with E-state index in [4.69, 9.17) is 0 Å². The number of unbranched alkanes of at least 4 members (excludes halogenated alkanes) is 41. The molecular weight excluding hydrogens is 973 g/mol. The standard InChI is InChI=1S/C70H144N6O3/c1-5-9-13-17-21-25-29-31-35-39-43-47-61-75(65-53-58-71-56-51-54-69(78)73-59-45-41-37-33-27-23-19-15-11-7-3)62-49-50-64-76(63-48-44-40-36-32-30-26-22-18-14-10-6-2)67-68(77)66-72-57-52-55-70(79)74-60-46-42-38-34-28-24-20-16-12-8-4/h68,71-72,77H,5-67H2,1-4H3,(H,73,78)(H,74,79). The van der Waals surface area contributed by atoms with Crippen LogP contribution in [0.2, 0.25) is 0 Å². The lowest BCUT2D eigenvalue weighted by Gasteiger charge is -2.27. The van der Waals surface area contributed by atoms with E-state index < -0.39 is 6.10 Å². The smallest absolute Gasteiger partial charge is 0.220 e. The highest BCUT2D eigenvalue weighted by Crippen LogP contribution is 2.16. The molecular formula is C70H144N6O3. The van der Waals surface area contributed by atoms with E-state index >= 15 is 0 Å². The summed E-state index contributed by atoms with van der Waals surface area (Å²) >= 11 is 0. The third-order valence-corrected chi connectivity index (χ3v) is 16.8. The predicted octanol–water partition coefficient (Wildman–Crippen LogP) is 18.3. The Morgan fingerprint density at radius 3 is 0.886 bits per heavy atom. The first-order chi connectivity index (χ1) is 39.0. The lowest BCUT2D eigenvalue weighted by Crippen LogP contribution is -2.40. The maximum atomic E-state index is 12.5. The molecule has 0 aromatic heterocycles. The summed E-state index contributed by atoms with van der Waals surface area (Å²) in [5.41, 5.74) is 0. The molecule has 0 rings (SSSR count). The Hall–Kier alpha value is -1.26. The predicted molar refractivity (Wildman–Crippen MR) is 349 cm³/mol.